The normalized spacial score (nSPS) is 23.8. The molecule has 0 aromatic carbocycles. The lowest BCUT2D eigenvalue weighted by Crippen LogP contribution is -2.45. The second-order valence-corrected chi connectivity index (χ2v) is 6.70. The second-order valence-electron chi connectivity index (χ2n) is 6.70. The standard InChI is InChI=1S/C15H30N2/c1-13(2)17(10-14-6-7-14)12-15(11-16-3)8-4-5-9-15/h13-14,16H,4-12H2,1-3H3. The van der Waals surface area contributed by atoms with E-state index >= 15 is 0 Å². The molecule has 0 spiro atoms. The molecule has 17 heavy (non-hydrogen) atoms. The number of nitrogens with zero attached hydrogens (tertiary/aromatic N) is 1. The number of hydrogen-bond donors (Lipinski definition) is 1. The van der Waals surface area contributed by atoms with Crippen LogP contribution in [0.25, 0.3) is 0 Å². The van der Waals surface area contributed by atoms with Crippen molar-refractivity contribution < 1.29 is 0 Å². The van der Waals surface area contributed by atoms with Crippen LogP contribution >= 0.6 is 0 Å². The van der Waals surface area contributed by atoms with Crippen LogP contribution < -0.4 is 5.32 Å². The topological polar surface area (TPSA) is 15.3 Å². The quantitative estimate of drug-likeness (QED) is 0.733. The van der Waals surface area contributed by atoms with Crippen molar-refractivity contribution in [2.45, 2.75) is 58.4 Å². The van der Waals surface area contributed by atoms with Gasteiger partial charge in [-0.2, -0.15) is 0 Å². The fourth-order valence-electron chi connectivity index (χ4n) is 3.41. The van der Waals surface area contributed by atoms with E-state index in [1.54, 1.807) is 0 Å². The smallest absolute Gasteiger partial charge is 0.00530 e. The fraction of sp³-hybridized carbons (Fsp3) is 1.00. The predicted octanol–water partition coefficient (Wildman–Crippen LogP) is 2.89. The van der Waals surface area contributed by atoms with Crippen molar-refractivity contribution in [1.29, 1.82) is 0 Å². The molecule has 0 unspecified atom stereocenters. The van der Waals surface area contributed by atoms with Crippen molar-refractivity contribution in [3.05, 3.63) is 0 Å². The molecule has 0 saturated heterocycles. The van der Waals surface area contributed by atoms with Gasteiger partial charge in [0.25, 0.3) is 0 Å². The van der Waals surface area contributed by atoms with Gasteiger partial charge < -0.3 is 10.2 Å². The monoisotopic (exact) mass is 238 g/mol. The first-order chi connectivity index (χ1) is 8.15. The molecule has 2 aliphatic carbocycles. The highest BCUT2D eigenvalue weighted by Gasteiger charge is 2.36. The number of rotatable bonds is 7. The Morgan fingerprint density at radius 1 is 1.24 bits per heavy atom. The van der Waals surface area contributed by atoms with Crippen LogP contribution in [0.1, 0.15) is 52.4 Å². The summed E-state index contributed by atoms with van der Waals surface area (Å²) in [6.45, 7) is 8.61. The molecular weight excluding hydrogens is 208 g/mol. The Labute approximate surface area is 107 Å². The first-order valence-electron chi connectivity index (χ1n) is 7.54. The maximum atomic E-state index is 3.44. The summed E-state index contributed by atoms with van der Waals surface area (Å²) >= 11 is 0. The third kappa shape index (κ3) is 3.69. The number of hydrogen-bond acceptors (Lipinski definition) is 2. The summed E-state index contributed by atoms with van der Waals surface area (Å²) in [6.07, 6.45) is 8.70. The summed E-state index contributed by atoms with van der Waals surface area (Å²) in [5.74, 6) is 1.02. The van der Waals surface area contributed by atoms with E-state index in [2.05, 4.69) is 31.1 Å². The Morgan fingerprint density at radius 3 is 2.35 bits per heavy atom. The van der Waals surface area contributed by atoms with Crippen LogP contribution in [-0.2, 0) is 0 Å². The van der Waals surface area contributed by atoms with E-state index in [1.165, 1.54) is 58.2 Å². The van der Waals surface area contributed by atoms with Crippen molar-refractivity contribution in [1.82, 2.24) is 10.2 Å². The molecule has 0 atom stereocenters. The van der Waals surface area contributed by atoms with E-state index < -0.39 is 0 Å². The third-order valence-electron chi connectivity index (χ3n) is 4.67. The summed E-state index contributed by atoms with van der Waals surface area (Å²) in [7, 11) is 2.11. The van der Waals surface area contributed by atoms with Gasteiger partial charge >= 0.3 is 0 Å². The molecule has 0 aromatic rings. The molecule has 2 rings (SSSR count). The van der Waals surface area contributed by atoms with E-state index in [0.29, 0.717) is 11.5 Å². The first-order valence-corrected chi connectivity index (χ1v) is 7.54. The van der Waals surface area contributed by atoms with Crippen LogP contribution in [0.15, 0.2) is 0 Å². The van der Waals surface area contributed by atoms with E-state index in [0.717, 1.165) is 5.92 Å². The highest BCUT2D eigenvalue weighted by atomic mass is 15.2. The van der Waals surface area contributed by atoms with Crippen LogP contribution in [0.2, 0.25) is 0 Å². The Bertz CT molecular complexity index is 227. The van der Waals surface area contributed by atoms with Gasteiger partial charge in [0.1, 0.15) is 0 Å². The Morgan fingerprint density at radius 2 is 1.88 bits per heavy atom. The second kappa shape index (κ2) is 5.71. The molecular formula is C15H30N2. The summed E-state index contributed by atoms with van der Waals surface area (Å²) in [4.78, 5) is 2.75. The Hall–Kier alpha value is -0.0800. The molecule has 2 fully saturated rings. The van der Waals surface area contributed by atoms with Gasteiger partial charge in [0.2, 0.25) is 0 Å². The zero-order chi connectivity index (χ0) is 12.3. The van der Waals surface area contributed by atoms with Crippen molar-refractivity contribution in [2.75, 3.05) is 26.7 Å². The summed E-state index contributed by atoms with van der Waals surface area (Å²) in [5.41, 5.74) is 0.577. The lowest BCUT2D eigenvalue weighted by Gasteiger charge is -2.37. The molecule has 1 N–H and O–H groups in total. The zero-order valence-corrected chi connectivity index (χ0v) is 12.0. The van der Waals surface area contributed by atoms with Gasteiger partial charge in [-0.1, -0.05) is 12.8 Å². The van der Waals surface area contributed by atoms with Gasteiger partial charge in [0.15, 0.2) is 0 Å². The van der Waals surface area contributed by atoms with Crippen LogP contribution in [-0.4, -0.2) is 37.6 Å². The minimum absolute atomic E-state index is 0.577. The molecule has 2 saturated carbocycles. The number of nitrogens with one attached hydrogen (secondary N) is 1. The minimum atomic E-state index is 0.577. The van der Waals surface area contributed by atoms with Crippen molar-refractivity contribution in [3.63, 3.8) is 0 Å². The molecule has 0 radical (unpaired) electrons. The molecule has 0 aliphatic heterocycles. The van der Waals surface area contributed by atoms with Gasteiger partial charge in [-0.25, -0.2) is 0 Å². The lowest BCUT2D eigenvalue weighted by molar-refractivity contribution is 0.118. The summed E-state index contributed by atoms with van der Waals surface area (Å²) in [6, 6.07) is 0.713. The average Bonchev–Trinajstić information content (AvgIpc) is 2.98. The van der Waals surface area contributed by atoms with Crippen molar-refractivity contribution >= 4 is 0 Å². The Balaban J connectivity index is 1.92. The molecule has 0 heterocycles. The van der Waals surface area contributed by atoms with Crippen LogP contribution in [0.5, 0.6) is 0 Å². The molecule has 2 aliphatic rings. The van der Waals surface area contributed by atoms with E-state index in [-0.39, 0.29) is 0 Å². The van der Waals surface area contributed by atoms with Gasteiger partial charge in [-0.05, 0) is 57.9 Å². The van der Waals surface area contributed by atoms with E-state index in [4.69, 9.17) is 0 Å². The molecule has 0 amide bonds. The molecule has 100 valence electrons. The van der Waals surface area contributed by atoms with E-state index in [9.17, 15) is 0 Å². The van der Waals surface area contributed by atoms with Gasteiger partial charge in [0.05, 0.1) is 0 Å². The maximum Gasteiger partial charge on any atom is 0.00530 e. The SMILES string of the molecule is CNCC1(CN(CC2CC2)C(C)C)CCCC1. The van der Waals surface area contributed by atoms with Gasteiger partial charge in [-0.3, -0.25) is 0 Å². The molecule has 2 nitrogen and oxygen atoms in total. The van der Waals surface area contributed by atoms with E-state index in [1.807, 2.05) is 0 Å². The van der Waals surface area contributed by atoms with Gasteiger partial charge in [-0.15, -0.1) is 0 Å². The first kappa shape index (κ1) is 13.4. The third-order valence-corrected chi connectivity index (χ3v) is 4.67. The molecule has 2 heteroatoms. The van der Waals surface area contributed by atoms with Crippen molar-refractivity contribution in [3.8, 4) is 0 Å². The largest absolute Gasteiger partial charge is 0.319 e. The zero-order valence-electron chi connectivity index (χ0n) is 12.0. The highest BCUT2D eigenvalue weighted by Crippen LogP contribution is 2.39. The van der Waals surface area contributed by atoms with Crippen LogP contribution in [0, 0.1) is 11.3 Å². The minimum Gasteiger partial charge on any atom is -0.319 e. The van der Waals surface area contributed by atoms with Crippen LogP contribution in [0.4, 0.5) is 0 Å². The lowest BCUT2D eigenvalue weighted by atomic mass is 9.85. The molecule has 0 aromatic heterocycles. The Kier molecular flexibility index (Phi) is 4.48. The van der Waals surface area contributed by atoms with Gasteiger partial charge in [0, 0.05) is 25.7 Å². The predicted molar refractivity (Wildman–Crippen MR) is 74.3 cm³/mol. The average molecular weight is 238 g/mol. The summed E-state index contributed by atoms with van der Waals surface area (Å²) < 4.78 is 0. The fourth-order valence-corrected chi connectivity index (χ4v) is 3.41. The highest BCUT2D eigenvalue weighted by molar-refractivity contribution is 4.91. The maximum absolute atomic E-state index is 3.44. The van der Waals surface area contributed by atoms with Crippen molar-refractivity contribution in [2.24, 2.45) is 11.3 Å². The molecule has 0 bridgehead atoms. The summed E-state index contributed by atoms with van der Waals surface area (Å²) in [5, 5.41) is 3.44. The van der Waals surface area contributed by atoms with Crippen LogP contribution in [0.3, 0.4) is 0 Å².